The Morgan fingerprint density at radius 2 is 2.27 bits per heavy atom. The Bertz CT molecular complexity index is 345. The van der Waals surface area contributed by atoms with Crippen molar-refractivity contribution in [2.24, 2.45) is 5.18 Å². The third kappa shape index (κ3) is 2.61. The van der Waals surface area contributed by atoms with Crippen LogP contribution in [0.2, 0.25) is 0 Å². The number of esters is 1. The molecule has 6 heteroatoms. The van der Waals surface area contributed by atoms with Crippen LogP contribution in [0.15, 0.2) is 23.6 Å². The number of carbonyl (C=O) groups is 1. The van der Waals surface area contributed by atoms with Crippen molar-refractivity contribution < 1.29 is 9.53 Å². The molecule has 0 aliphatic heterocycles. The van der Waals surface area contributed by atoms with Crippen LogP contribution >= 0.6 is 0 Å². The summed E-state index contributed by atoms with van der Waals surface area (Å²) < 4.78 is 6.38. The fourth-order valence-electron chi connectivity index (χ4n) is 1.34. The Kier molecular flexibility index (Phi) is 3.18. The van der Waals surface area contributed by atoms with Gasteiger partial charge in [0.1, 0.15) is 0 Å². The van der Waals surface area contributed by atoms with Gasteiger partial charge in [-0.1, -0.05) is 0 Å². The zero-order valence-corrected chi connectivity index (χ0v) is 8.88. The van der Waals surface area contributed by atoms with E-state index < -0.39 is 17.7 Å². The predicted octanol–water partition coefficient (Wildman–Crippen LogP) is 1.49. The maximum atomic E-state index is 10.9. The second-order valence-corrected chi connectivity index (χ2v) is 3.66. The summed E-state index contributed by atoms with van der Waals surface area (Å²) in [5.41, 5.74) is -1.01. The van der Waals surface area contributed by atoms with E-state index in [2.05, 4.69) is 10.3 Å². The molecule has 0 radical (unpaired) electrons. The largest absolute Gasteiger partial charge is 0.455 e. The van der Waals surface area contributed by atoms with Crippen molar-refractivity contribution >= 4 is 5.97 Å². The lowest BCUT2D eigenvalue weighted by Crippen LogP contribution is -2.37. The number of hydrogen-bond acceptors (Lipinski definition) is 5. The van der Waals surface area contributed by atoms with Gasteiger partial charge in [-0.15, -0.1) is 4.91 Å². The summed E-state index contributed by atoms with van der Waals surface area (Å²) in [4.78, 5) is 21.6. The van der Waals surface area contributed by atoms with Crippen molar-refractivity contribution in [3.05, 3.63) is 23.4 Å². The van der Waals surface area contributed by atoms with E-state index in [-0.39, 0.29) is 0 Å². The molecule has 1 aromatic rings. The van der Waals surface area contributed by atoms with Crippen LogP contribution in [0.25, 0.3) is 0 Å². The maximum absolute atomic E-state index is 10.9. The van der Waals surface area contributed by atoms with E-state index in [4.69, 9.17) is 4.74 Å². The molecule has 0 aliphatic carbocycles. The molecule has 1 heterocycles. The molecule has 0 saturated carbocycles. The number of nitrogens with zero attached hydrogens (tertiary/aromatic N) is 3. The number of hydrogen-bond donors (Lipinski definition) is 0. The lowest BCUT2D eigenvalue weighted by atomic mass is 10.1. The number of rotatable bonds is 4. The zero-order chi connectivity index (χ0) is 11.5. The predicted molar refractivity (Wildman–Crippen MR) is 52.9 cm³/mol. The molecule has 6 nitrogen and oxygen atoms in total. The molecule has 0 saturated heterocycles. The zero-order valence-electron chi connectivity index (χ0n) is 8.88. The molecular weight excluding hydrogens is 198 g/mol. The Morgan fingerprint density at radius 3 is 2.67 bits per heavy atom. The summed E-state index contributed by atoms with van der Waals surface area (Å²) >= 11 is 0. The Morgan fingerprint density at radius 1 is 1.60 bits per heavy atom. The summed E-state index contributed by atoms with van der Waals surface area (Å²) in [7, 11) is 0. The van der Waals surface area contributed by atoms with Gasteiger partial charge in [-0.3, -0.25) is 4.79 Å². The minimum absolute atomic E-state index is 0.458. The monoisotopic (exact) mass is 211 g/mol. The molecule has 1 aromatic heterocycles. The van der Waals surface area contributed by atoms with Crippen LogP contribution in [0.4, 0.5) is 0 Å². The molecule has 0 fully saturated rings. The topological polar surface area (TPSA) is 73.5 Å². The van der Waals surface area contributed by atoms with E-state index in [0.717, 1.165) is 0 Å². The van der Waals surface area contributed by atoms with Crippen LogP contribution in [0, 0.1) is 4.91 Å². The number of aromatic nitrogens is 2. The molecular formula is C9H13N3O3. The van der Waals surface area contributed by atoms with Gasteiger partial charge in [0.25, 0.3) is 0 Å². The number of nitroso groups, excluding NO2 is 1. The highest BCUT2D eigenvalue weighted by Crippen LogP contribution is 2.26. The number of carbonyl (C=O) groups excluding carboxylic acids is 1. The molecule has 0 amide bonds. The van der Waals surface area contributed by atoms with Gasteiger partial charge in [0, 0.05) is 19.3 Å². The van der Waals surface area contributed by atoms with Crippen LogP contribution in [0.5, 0.6) is 0 Å². The highest BCUT2D eigenvalue weighted by molar-refractivity contribution is 5.66. The highest BCUT2D eigenvalue weighted by Gasteiger charge is 2.35. The first-order chi connectivity index (χ1) is 6.97. The normalized spacial score (nSPS) is 13.3. The quantitative estimate of drug-likeness (QED) is 0.558. The molecule has 0 aliphatic rings. The second-order valence-electron chi connectivity index (χ2n) is 3.66. The van der Waals surface area contributed by atoms with Crippen LogP contribution in [0.3, 0.4) is 0 Å². The van der Waals surface area contributed by atoms with Gasteiger partial charge in [-0.2, -0.15) is 5.10 Å². The van der Waals surface area contributed by atoms with E-state index in [1.54, 1.807) is 26.1 Å². The summed E-state index contributed by atoms with van der Waals surface area (Å²) in [6.07, 6.45) is 2.26. The Labute approximate surface area is 87.2 Å². The van der Waals surface area contributed by atoms with Gasteiger partial charge in [-0.05, 0) is 25.1 Å². The van der Waals surface area contributed by atoms with Crippen LogP contribution in [-0.2, 0) is 9.53 Å². The van der Waals surface area contributed by atoms with Gasteiger partial charge in [0.2, 0.25) is 6.17 Å². The first-order valence-corrected chi connectivity index (χ1v) is 4.48. The lowest BCUT2D eigenvalue weighted by Gasteiger charge is -2.28. The van der Waals surface area contributed by atoms with Crippen molar-refractivity contribution in [2.45, 2.75) is 32.5 Å². The third-order valence-corrected chi connectivity index (χ3v) is 1.90. The smallest absolute Gasteiger partial charge is 0.303 e. The molecule has 0 N–H and O–H groups in total. The lowest BCUT2D eigenvalue weighted by molar-refractivity contribution is -0.158. The number of ether oxygens (including phenoxy) is 1. The van der Waals surface area contributed by atoms with Crippen molar-refractivity contribution in [3.8, 4) is 0 Å². The standard InChI is InChI=1S/C9H13N3O3/c1-7(13)15-9(2,3)8(11-14)12-6-4-5-10-12/h4-6,8H,1-3H3. The van der Waals surface area contributed by atoms with Gasteiger partial charge in [0.05, 0.1) is 0 Å². The van der Waals surface area contributed by atoms with Crippen LogP contribution in [0.1, 0.15) is 26.9 Å². The molecule has 0 aromatic carbocycles. The average Bonchev–Trinajstić information content (AvgIpc) is 2.54. The van der Waals surface area contributed by atoms with Gasteiger partial charge in [-0.25, -0.2) is 4.68 Å². The minimum Gasteiger partial charge on any atom is -0.455 e. The molecule has 0 bridgehead atoms. The summed E-state index contributed by atoms with van der Waals surface area (Å²) in [6.45, 7) is 4.51. The van der Waals surface area contributed by atoms with Gasteiger partial charge in [0.15, 0.2) is 5.60 Å². The third-order valence-electron chi connectivity index (χ3n) is 1.90. The van der Waals surface area contributed by atoms with Crippen molar-refractivity contribution in [3.63, 3.8) is 0 Å². The van der Waals surface area contributed by atoms with E-state index in [1.807, 2.05) is 0 Å². The Hall–Kier alpha value is -1.72. The minimum atomic E-state index is -1.01. The summed E-state index contributed by atoms with van der Waals surface area (Å²) in [5, 5.41) is 6.82. The molecule has 1 atom stereocenters. The summed E-state index contributed by atoms with van der Waals surface area (Å²) in [6, 6.07) is 1.67. The Balaban J connectivity index is 2.91. The highest BCUT2D eigenvalue weighted by atomic mass is 16.6. The van der Waals surface area contributed by atoms with E-state index in [0.29, 0.717) is 0 Å². The SMILES string of the molecule is CC(=O)OC(C)(C)C(N=O)n1cccn1. The van der Waals surface area contributed by atoms with Crippen LogP contribution in [-0.4, -0.2) is 21.4 Å². The van der Waals surface area contributed by atoms with Crippen molar-refractivity contribution in [1.29, 1.82) is 0 Å². The molecule has 15 heavy (non-hydrogen) atoms. The first-order valence-electron chi connectivity index (χ1n) is 4.48. The van der Waals surface area contributed by atoms with Crippen molar-refractivity contribution in [2.75, 3.05) is 0 Å². The maximum Gasteiger partial charge on any atom is 0.303 e. The van der Waals surface area contributed by atoms with E-state index >= 15 is 0 Å². The fraction of sp³-hybridized carbons (Fsp3) is 0.556. The first kappa shape index (κ1) is 11.4. The molecule has 1 rings (SSSR count). The van der Waals surface area contributed by atoms with E-state index in [1.165, 1.54) is 17.8 Å². The van der Waals surface area contributed by atoms with Gasteiger partial charge >= 0.3 is 5.97 Å². The fourth-order valence-corrected chi connectivity index (χ4v) is 1.34. The molecule has 1 unspecified atom stereocenters. The van der Waals surface area contributed by atoms with E-state index in [9.17, 15) is 9.70 Å². The molecule has 0 spiro atoms. The average molecular weight is 211 g/mol. The van der Waals surface area contributed by atoms with Crippen molar-refractivity contribution in [1.82, 2.24) is 9.78 Å². The summed E-state index contributed by atoms with van der Waals surface area (Å²) in [5.74, 6) is -0.458. The second kappa shape index (κ2) is 4.20. The van der Waals surface area contributed by atoms with Gasteiger partial charge < -0.3 is 4.74 Å². The molecule has 82 valence electrons. The van der Waals surface area contributed by atoms with Crippen LogP contribution < -0.4 is 0 Å².